The van der Waals surface area contributed by atoms with Crippen LogP contribution in [0.5, 0.6) is 0 Å². The summed E-state index contributed by atoms with van der Waals surface area (Å²) in [5.74, 6) is 0.782. The molecule has 0 radical (unpaired) electrons. The van der Waals surface area contributed by atoms with Crippen molar-refractivity contribution in [2.45, 2.75) is 26.7 Å². The topological polar surface area (TPSA) is 43.1 Å². The number of ketones is 1. The molecule has 0 aliphatic rings. The molecule has 1 aromatic rings. The number of hydrogen-bond acceptors (Lipinski definition) is 2. The first kappa shape index (κ1) is 11.9. The lowest BCUT2D eigenvalue weighted by Crippen LogP contribution is -2.08. The minimum Gasteiger partial charge on any atom is -0.330 e. The van der Waals surface area contributed by atoms with E-state index in [1.807, 2.05) is 24.3 Å². The molecule has 15 heavy (non-hydrogen) atoms. The van der Waals surface area contributed by atoms with Crippen LogP contribution in [-0.2, 0) is 6.42 Å². The van der Waals surface area contributed by atoms with Crippen molar-refractivity contribution in [3.63, 3.8) is 0 Å². The Morgan fingerprint density at radius 1 is 1.27 bits per heavy atom. The van der Waals surface area contributed by atoms with Crippen molar-refractivity contribution >= 4 is 5.78 Å². The molecule has 0 aromatic heterocycles. The highest BCUT2D eigenvalue weighted by Crippen LogP contribution is 2.10. The molecule has 0 aliphatic heterocycles. The summed E-state index contributed by atoms with van der Waals surface area (Å²) in [6, 6.07) is 7.86. The van der Waals surface area contributed by atoms with Gasteiger partial charge < -0.3 is 5.73 Å². The van der Waals surface area contributed by atoms with Crippen LogP contribution < -0.4 is 5.73 Å². The van der Waals surface area contributed by atoms with Crippen molar-refractivity contribution in [3.05, 3.63) is 35.4 Å². The SMILES string of the molecule is CC(C)Cc1ccc(C(=O)CCN)cc1. The van der Waals surface area contributed by atoms with E-state index in [4.69, 9.17) is 5.73 Å². The maximum Gasteiger partial charge on any atom is 0.164 e. The van der Waals surface area contributed by atoms with Crippen molar-refractivity contribution in [3.8, 4) is 0 Å². The lowest BCUT2D eigenvalue weighted by Gasteiger charge is -2.05. The minimum atomic E-state index is 0.133. The Hall–Kier alpha value is -1.15. The lowest BCUT2D eigenvalue weighted by molar-refractivity contribution is 0.0985. The number of Topliss-reactive ketones (excluding diaryl/α,β-unsaturated/α-hetero) is 1. The van der Waals surface area contributed by atoms with Crippen LogP contribution in [0.15, 0.2) is 24.3 Å². The molecule has 2 N–H and O–H groups in total. The fourth-order valence-electron chi connectivity index (χ4n) is 1.57. The van der Waals surface area contributed by atoms with Gasteiger partial charge in [0.25, 0.3) is 0 Å². The maximum absolute atomic E-state index is 11.5. The molecule has 0 heterocycles. The van der Waals surface area contributed by atoms with Gasteiger partial charge in [0.15, 0.2) is 5.78 Å². The Bertz CT molecular complexity index is 314. The normalized spacial score (nSPS) is 10.7. The maximum atomic E-state index is 11.5. The van der Waals surface area contributed by atoms with Gasteiger partial charge in [0.1, 0.15) is 0 Å². The zero-order valence-corrected chi connectivity index (χ0v) is 9.49. The number of nitrogens with two attached hydrogens (primary N) is 1. The number of hydrogen-bond donors (Lipinski definition) is 1. The smallest absolute Gasteiger partial charge is 0.164 e. The van der Waals surface area contributed by atoms with Crippen LogP contribution in [0.3, 0.4) is 0 Å². The van der Waals surface area contributed by atoms with Crippen LogP contribution in [-0.4, -0.2) is 12.3 Å². The molecular weight excluding hydrogens is 186 g/mol. The van der Waals surface area contributed by atoms with E-state index in [9.17, 15) is 4.79 Å². The van der Waals surface area contributed by atoms with E-state index in [-0.39, 0.29) is 5.78 Å². The predicted molar refractivity (Wildman–Crippen MR) is 63.0 cm³/mol. The van der Waals surface area contributed by atoms with Gasteiger partial charge in [-0.1, -0.05) is 38.1 Å². The molecule has 1 rings (SSSR count). The second-order valence-electron chi connectivity index (χ2n) is 4.26. The third-order valence-electron chi connectivity index (χ3n) is 2.29. The van der Waals surface area contributed by atoms with Gasteiger partial charge in [-0.3, -0.25) is 4.79 Å². The van der Waals surface area contributed by atoms with Crippen LogP contribution >= 0.6 is 0 Å². The average molecular weight is 205 g/mol. The minimum absolute atomic E-state index is 0.133. The van der Waals surface area contributed by atoms with Gasteiger partial charge in [0.05, 0.1) is 0 Å². The van der Waals surface area contributed by atoms with Crippen LogP contribution in [0.2, 0.25) is 0 Å². The molecule has 1 aromatic carbocycles. The molecule has 0 unspecified atom stereocenters. The summed E-state index contributed by atoms with van der Waals surface area (Å²) in [6.07, 6.45) is 1.49. The summed E-state index contributed by atoms with van der Waals surface area (Å²) in [6.45, 7) is 4.80. The molecule has 82 valence electrons. The van der Waals surface area contributed by atoms with Gasteiger partial charge in [-0.15, -0.1) is 0 Å². The van der Waals surface area contributed by atoms with Crippen LogP contribution in [0.1, 0.15) is 36.2 Å². The van der Waals surface area contributed by atoms with Crippen molar-refractivity contribution in [1.29, 1.82) is 0 Å². The Kier molecular flexibility index (Phi) is 4.50. The van der Waals surface area contributed by atoms with Crippen molar-refractivity contribution in [1.82, 2.24) is 0 Å². The molecule has 0 saturated heterocycles. The Labute approximate surface area is 91.5 Å². The Balaban J connectivity index is 2.67. The van der Waals surface area contributed by atoms with E-state index in [2.05, 4.69) is 13.8 Å². The highest BCUT2D eigenvalue weighted by Gasteiger charge is 2.04. The summed E-state index contributed by atoms with van der Waals surface area (Å²) < 4.78 is 0. The first-order valence-corrected chi connectivity index (χ1v) is 5.45. The van der Waals surface area contributed by atoms with Gasteiger partial charge in [-0.2, -0.15) is 0 Å². The number of carbonyl (C=O) groups excluding carboxylic acids is 1. The van der Waals surface area contributed by atoms with E-state index >= 15 is 0 Å². The van der Waals surface area contributed by atoms with Gasteiger partial charge >= 0.3 is 0 Å². The Morgan fingerprint density at radius 3 is 2.33 bits per heavy atom. The summed E-state index contributed by atoms with van der Waals surface area (Å²) in [7, 11) is 0. The van der Waals surface area contributed by atoms with Crippen molar-refractivity contribution in [2.75, 3.05) is 6.54 Å². The monoisotopic (exact) mass is 205 g/mol. The fourth-order valence-corrected chi connectivity index (χ4v) is 1.57. The van der Waals surface area contributed by atoms with E-state index in [0.717, 1.165) is 12.0 Å². The molecule has 0 atom stereocenters. The van der Waals surface area contributed by atoms with Gasteiger partial charge in [0, 0.05) is 12.0 Å². The number of rotatable bonds is 5. The van der Waals surface area contributed by atoms with Gasteiger partial charge in [-0.05, 0) is 24.4 Å². The molecule has 2 nitrogen and oxygen atoms in total. The molecule has 0 aliphatic carbocycles. The van der Waals surface area contributed by atoms with Crippen LogP contribution in [0.25, 0.3) is 0 Å². The first-order chi connectivity index (χ1) is 7.13. The standard InChI is InChI=1S/C13H19NO/c1-10(2)9-11-3-5-12(6-4-11)13(15)7-8-14/h3-6,10H,7-9,14H2,1-2H3. The molecule has 0 saturated carbocycles. The van der Waals surface area contributed by atoms with Crippen molar-refractivity contribution in [2.24, 2.45) is 11.7 Å². The summed E-state index contributed by atoms with van der Waals surface area (Å²) in [5, 5.41) is 0. The average Bonchev–Trinajstić information content (AvgIpc) is 2.18. The third-order valence-corrected chi connectivity index (χ3v) is 2.29. The summed E-state index contributed by atoms with van der Waals surface area (Å²) in [5.41, 5.74) is 7.40. The Morgan fingerprint density at radius 2 is 1.87 bits per heavy atom. The third kappa shape index (κ3) is 3.84. The zero-order valence-electron chi connectivity index (χ0n) is 9.49. The lowest BCUT2D eigenvalue weighted by atomic mass is 10.00. The predicted octanol–water partition coefficient (Wildman–Crippen LogP) is 2.42. The highest BCUT2D eigenvalue weighted by molar-refractivity contribution is 5.96. The second kappa shape index (κ2) is 5.66. The van der Waals surface area contributed by atoms with Crippen LogP contribution in [0, 0.1) is 5.92 Å². The molecule has 0 fully saturated rings. The zero-order chi connectivity index (χ0) is 11.3. The molecule has 0 bridgehead atoms. The van der Waals surface area contributed by atoms with Gasteiger partial charge in [-0.25, -0.2) is 0 Å². The number of carbonyl (C=O) groups is 1. The van der Waals surface area contributed by atoms with Gasteiger partial charge in [0.2, 0.25) is 0 Å². The van der Waals surface area contributed by atoms with Crippen molar-refractivity contribution < 1.29 is 4.79 Å². The molecule has 2 heteroatoms. The fraction of sp³-hybridized carbons (Fsp3) is 0.462. The molecule has 0 amide bonds. The largest absolute Gasteiger partial charge is 0.330 e. The van der Waals surface area contributed by atoms with E-state index < -0.39 is 0 Å². The molecule has 0 spiro atoms. The first-order valence-electron chi connectivity index (χ1n) is 5.45. The quantitative estimate of drug-likeness (QED) is 0.750. The highest BCUT2D eigenvalue weighted by atomic mass is 16.1. The van der Waals surface area contributed by atoms with E-state index in [1.165, 1.54) is 5.56 Å². The van der Waals surface area contributed by atoms with Crippen LogP contribution in [0.4, 0.5) is 0 Å². The summed E-state index contributed by atoms with van der Waals surface area (Å²) >= 11 is 0. The second-order valence-corrected chi connectivity index (χ2v) is 4.26. The molecular formula is C13H19NO. The van der Waals surface area contributed by atoms with E-state index in [0.29, 0.717) is 18.9 Å². The number of benzene rings is 1. The van der Waals surface area contributed by atoms with E-state index in [1.54, 1.807) is 0 Å². The summed E-state index contributed by atoms with van der Waals surface area (Å²) in [4.78, 5) is 11.5.